The highest BCUT2D eigenvalue weighted by atomic mass is 35.5. The molecule has 2 heterocycles. The summed E-state index contributed by atoms with van der Waals surface area (Å²) in [5.74, 6) is -0.944. The molecule has 2 amide bonds. The van der Waals surface area contributed by atoms with E-state index in [1.165, 1.54) is 6.07 Å². The Kier molecular flexibility index (Phi) is 5.31. The average molecular weight is 414 g/mol. The molecule has 1 aliphatic heterocycles. The second-order valence-corrected chi connectivity index (χ2v) is 7.20. The predicted molar refractivity (Wildman–Crippen MR) is 106 cm³/mol. The van der Waals surface area contributed by atoms with Crippen LogP contribution in [0.1, 0.15) is 12.1 Å². The summed E-state index contributed by atoms with van der Waals surface area (Å²) < 4.78 is 19.0. The van der Waals surface area contributed by atoms with Crippen LogP contribution in [0.4, 0.5) is 10.1 Å². The molecule has 6 nitrogen and oxygen atoms in total. The van der Waals surface area contributed by atoms with Gasteiger partial charge in [0.25, 0.3) is 0 Å². The first-order valence-electron chi connectivity index (χ1n) is 9.05. The molecule has 1 aromatic heterocycles. The minimum atomic E-state index is -0.462. The van der Waals surface area contributed by atoms with Crippen molar-refractivity contribution in [3.05, 3.63) is 71.1 Å². The van der Waals surface area contributed by atoms with Gasteiger partial charge in [0.05, 0.1) is 18.0 Å². The summed E-state index contributed by atoms with van der Waals surface area (Å²) in [6.07, 6.45) is 0.133. The zero-order chi connectivity index (χ0) is 20.4. The molecule has 0 aliphatic carbocycles. The van der Waals surface area contributed by atoms with Gasteiger partial charge in [0.15, 0.2) is 5.76 Å². The topological polar surface area (TPSA) is 75.4 Å². The Bertz CT molecular complexity index is 1050. The summed E-state index contributed by atoms with van der Waals surface area (Å²) >= 11 is 5.88. The summed E-state index contributed by atoms with van der Waals surface area (Å²) in [5, 5.41) is 7.22. The van der Waals surface area contributed by atoms with Crippen LogP contribution in [0, 0.1) is 11.7 Å². The van der Waals surface area contributed by atoms with E-state index in [9.17, 15) is 14.0 Å². The summed E-state index contributed by atoms with van der Waals surface area (Å²) in [5.41, 5.74) is 1.48. The van der Waals surface area contributed by atoms with Crippen LogP contribution in [-0.2, 0) is 16.1 Å². The normalized spacial score (nSPS) is 16.3. The quantitative estimate of drug-likeness (QED) is 0.690. The van der Waals surface area contributed by atoms with E-state index in [1.54, 1.807) is 53.4 Å². The molecular formula is C21H17ClFN3O3. The van der Waals surface area contributed by atoms with E-state index in [0.29, 0.717) is 28.5 Å². The molecule has 3 aromatic rings. The van der Waals surface area contributed by atoms with Gasteiger partial charge in [-0.25, -0.2) is 4.39 Å². The molecule has 0 spiro atoms. The van der Waals surface area contributed by atoms with Crippen LogP contribution in [-0.4, -0.2) is 23.5 Å². The lowest BCUT2D eigenvalue weighted by molar-refractivity contribution is -0.126. The second kappa shape index (κ2) is 8.05. The molecule has 1 N–H and O–H groups in total. The minimum absolute atomic E-state index is 0.115. The molecule has 0 bridgehead atoms. The second-order valence-electron chi connectivity index (χ2n) is 6.76. The van der Waals surface area contributed by atoms with Gasteiger partial charge in [-0.1, -0.05) is 28.9 Å². The standard InChI is InChI=1S/C21H17ClFN3O3/c22-14-5-7-16(8-6-14)26-12-13(9-20(26)27)21(28)24-11-15-10-19(29-25-15)17-3-1-2-4-18(17)23/h1-8,10,13H,9,11-12H2,(H,24,28). The van der Waals surface area contributed by atoms with Crippen molar-refractivity contribution in [3.63, 3.8) is 0 Å². The Labute approximate surface area is 171 Å². The molecule has 1 saturated heterocycles. The Morgan fingerprint density at radius 2 is 2.00 bits per heavy atom. The molecule has 1 aliphatic rings. The number of benzene rings is 2. The van der Waals surface area contributed by atoms with Crippen LogP contribution in [0.25, 0.3) is 11.3 Å². The summed E-state index contributed by atoms with van der Waals surface area (Å²) in [4.78, 5) is 26.4. The fraction of sp³-hybridized carbons (Fsp3) is 0.190. The van der Waals surface area contributed by atoms with Crippen LogP contribution in [0.2, 0.25) is 5.02 Å². The van der Waals surface area contributed by atoms with Gasteiger partial charge in [-0.2, -0.15) is 0 Å². The van der Waals surface area contributed by atoms with Crippen LogP contribution >= 0.6 is 11.6 Å². The molecular weight excluding hydrogens is 397 g/mol. The predicted octanol–water partition coefficient (Wildman–Crippen LogP) is 3.80. The van der Waals surface area contributed by atoms with Gasteiger partial charge < -0.3 is 14.7 Å². The smallest absolute Gasteiger partial charge is 0.227 e. The first-order chi connectivity index (χ1) is 14.0. The van der Waals surface area contributed by atoms with Gasteiger partial charge in [0, 0.05) is 29.7 Å². The molecule has 4 rings (SSSR count). The number of aromatic nitrogens is 1. The Morgan fingerprint density at radius 1 is 1.24 bits per heavy atom. The van der Waals surface area contributed by atoms with Crippen molar-refractivity contribution in [1.29, 1.82) is 0 Å². The fourth-order valence-corrected chi connectivity index (χ4v) is 3.38. The molecule has 1 fully saturated rings. The number of amides is 2. The van der Waals surface area contributed by atoms with Gasteiger partial charge in [0.2, 0.25) is 11.8 Å². The summed E-state index contributed by atoms with van der Waals surface area (Å²) in [6.45, 7) is 0.425. The van der Waals surface area contributed by atoms with Crippen molar-refractivity contribution in [2.24, 2.45) is 5.92 Å². The van der Waals surface area contributed by atoms with Crippen molar-refractivity contribution in [2.45, 2.75) is 13.0 Å². The van der Waals surface area contributed by atoms with Crippen molar-refractivity contribution >= 4 is 29.1 Å². The maximum atomic E-state index is 13.8. The van der Waals surface area contributed by atoms with Crippen LogP contribution in [0.5, 0.6) is 0 Å². The van der Waals surface area contributed by atoms with E-state index in [1.807, 2.05) is 0 Å². The molecule has 8 heteroatoms. The van der Waals surface area contributed by atoms with E-state index in [2.05, 4.69) is 10.5 Å². The van der Waals surface area contributed by atoms with Crippen LogP contribution in [0.15, 0.2) is 59.1 Å². The fourth-order valence-electron chi connectivity index (χ4n) is 3.26. The van der Waals surface area contributed by atoms with Crippen LogP contribution in [0.3, 0.4) is 0 Å². The number of hydrogen-bond donors (Lipinski definition) is 1. The van der Waals surface area contributed by atoms with E-state index in [4.69, 9.17) is 16.1 Å². The van der Waals surface area contributed by atoms with Gasteiger partial charge in [0.1, 0.15) is 11.5 Å². The monoisotopic (exact) mass is 413 g/mol. The number of carbonyl (C=O) groups excluding carboxylic acids is 2. The lowest BCUT2D eigenvalue weighted by Gasteiger charge is -2.16. The molecule has 148 valence electrons. The first-order valence-corrected chi connectivity index (χ1v) is 9.43. The van der Waals surface area contributed by atoms with E-state index >= 15 is 0 Å². The maximum absolute atomic E-state index is 13.8. The SMILES string of the molecule is O=C(NCc1cc(-c2ccccc2F)on1)C1CC(=O)N(c2ccc(Cl)cc2)C1. The largest absolute Gasteiger partial charge is 0.356 e. The highest BCUT2D eigenvalue weighted by Gasteiger charge is 2.35. The van der Waals surface area contributed by atoms with Gasteiger partial charge in [-0.3, -0.25) is 9.59 Å². The molecule has 2 aromatic carbocycles. The number of nitrogens with zero attached hydrogens (tertiary/aromatic N) is 2. The van der Waals surface area contributed by atoms with E-state index < -0.39 is 11.7 Å². The van der Waals surface area contributed by atoms with Crippen molar-refractivity contribution < 1.29 is 18.5 Å². The Balaban J connectivity index is 1.36. The number of anilines is 1. The highest BCUT2D eigenvalue weighted by molar-refractivity contribution is 6.30. The third-order valence-electron chi connectivity index (χ3n) is 4.78. The van der Waals surface area contributed by atoms with E-state index in [0.717, 1.165) is 0 Å². The zero-order valence-electron chi connectivity index (χ0n) is 15.3. The number of carbonyl (C=O) groups is 2. The molecule has 0 saturated carbocycles. The summed E-state index contributed by atoms with van der Waals surface area (Å²) in [7, 11) is 0. The van der Waals surface area contributed by atoms with Gasteiger partial charge in [-0.15, -0.1) is 0 Å². The molecule has 29 heavy (non-hydrogen) atoms. The van der Waals surface area contributed by atoms with Crippen LogP contribution < -0.4 is 10.2 Å². The molecule has 1 atom stereocenters. The number of halogens is 2. The average Bonchev–Trinajstić information content (AvgIpc) is 3.34. The van der Waals surface area contributed by atoms with Crippen molar-refractivity contribution in [3.8, 4) is 11.3 Å². The Morgan fingerprint density at radius 3 is 2.76 bits per heavy atom. The van der Waals surface area contributed by atoms with E-state index in [-0.39, 0.29) is 30.5 Å². The Hall–Kier alpha value is -3.19. The maximum Gasteiger partial charge on any atom is 0.227 e. The molecule has 1 unspecified atom stereocenters. The number of nitrogens with one attached hydrogen (secondary N) is 1. The highest BCUT2D eigenvalue weighted by Crippen LogP contribution is 2.27. The third-order valence-corrected chi connectivity index (χ3v) is 5.03. The number of hydrogen-bond acceptors (Lipinski definition) is 4. The third kappa shape index (κ3) is 4.14. The molecule has 0 radical (unpaired) electrons. The minimum Gasteiger partial charge on any atom is -0.356 e. The lowest BCUT2D eigenvalue weighted by Crippen LogP contribution is -2.32. The lowest BCUT2D eigenvalue weighted by atomic mass is 10.1. The van der Waals surface area contributed by atoms with Gasteiger partial charge in [-0.05, 0) is 36.4 Å². The zero-order valence-corrected chi connectivity index (χ0v) is 16.0. The van der Waals surface area contributed by atoms with Gasteiger partial charge >= 0.3 is 0 Å². The number of rotatable bonds is 5. The van der Waals surface area contributed by atoms with Crippen molar-refractivity contribution in [2.75, 3.05) is 11.4 Å². The summed E-state index contributed by atoms with van der Waals surface area (Å²) in [6, 6.07) is 14.7. The van der Waals surface area contributed by atoms with Crippen molar-refractivity contribution in [1.82, 2.24) is 10.5 Å². The first kappa shape index (κ1) is 19.1.